The average Bonchev–Trinajstić information content (AvgIpc) is 3.30. The Kier molecular flexibility index (Phi) is 11.7. The number of ether oxygens (including phenoxy) is 2. The molecule has 0 saturated carbocycles. The lowest BCUT2D eigenvalue weighted by Crippen LogP contribution is -2.42. The van der Waals surface area contributed by atoms with Crippen LogP contribution in [0.15, 0.2) is 52.8 Å². The Morgan fingerprint density at radius 1 is 1.17 bits per heavy atom. The number of halogens is 1. The Morgan fingerprint density at radius 2 is 1.93 bits per heavy atom. The lowest BCUT2D eigenvalue weighted by Gasteiger charge is -2.33. The summed E-state index contributed by atoms with van der Waals surface area (Å²) in [5.74, 6) is 0.820. The van der Waals surface area contributed by atoms with Gasteiger partial charge in [-0.3, -0.25) is 9.89 Å². The van der Waals surface area contributed by atoms with E-state index in [0.717, 1.165) is 44.4 Å². The Balaban J connectivity index is 0.00000320. The Hall–Kier alpha value is -1.20. The molecule has 1 aliphatic heterocycles. The third-order valence-corrected chi connectivity index (χ3v) is 6.01. The van der Waals surface area contributed by atoms with Gasteiger partial charge in [0, 0.05) is 38.2 Å². The van der Waals surface area contributed by atoms with Gasteiger partial charge in [-0.15, -0.1) is 35.3 Å². The summed E-state index contributed by atoms with van der Waals surface area (Å²) < 4.78 is 11.2. The van der Waals surface area contributed by atoms with Gasteiger partial charge >= 0.3 is 0 Å². The van der Waals surface area contributed by atoms with E-state index in [9.17, 15) is 0 Å². The first kappa shape index (κ1) is 25.1. The molecule has 2 heterocycles. The molecule has 0 bridgehead atoms. The second-order valence-electron chi connectivity index (χ2n) is 6.92. The van der Waals surface area contributed by atoms with Gasteiger partial charge in [-0.2, -0.15) is 0 Å². The molecule has 1 aliphatic rings. The smallest absolute Gasteiger partial charge is 0.191 e. The van der Waals surface area contributed by atoms with Crippen LogP contribution in [0.3, 0.4) is 0 Å². The summed E-state index contributed by atoms with van der Waals surface area (Å²) in [7, 11) is 1.74. The van der Waals surface area contributed by atoms with Gasteiger partial charge in [-0.25, -0.2) is 0 Å². The molecule has 1 aromatic carbocycles. The zero-order valence-electron chi connectivity index (χ0n) is 17.8. The van der Waals surface area contributed by atoms with Gasteiger partial charge in [0.05, 0.1) is 31.9 Å². The molecule has 2 atom stereocenters. The highest BCUT2D eigenvalue weighted by Crippen LogP contribution is 2.26. The van der Waals surface area contributed by atoms with Crippen molar-refractivity contribution in [3.05, 3.63) is 58.3 Å². The summed E-state index contributed by atoms with van der Waals surface area (Å²) in [5.41, 5.74) is 1.16. The van der Waals surface area contributed by atoms with Gasteiger partial charge in [0.15, 0.2) is 5.96 Å². The van der Waals surface area contributed by atoms with Crippen molar-refractivity contribution in [1.29, 1.82) is 0 Å². The van der Waals surface area contributed by atoms with Crippen LogP contribution in [-0.4, -0.2) is 63.9 Å². The maximum Gasteiger partial charge on any atom is 0.191 e. The molecule has 30 heavy (non-hydrogen) atoms. The number of methoxy groups -OCH3 is 1. The summed E-state index contributed by atoms with van der Waals surface area (Å²) >= 11 is 1.80. The predicted octanol–water partition coefficient (Wildman–Crippen LogP) is 3.68. The summed E-state index contributed by atoms with van der Waals surface area (Å²) in [6.07, 6.45) is -0.0209. The fraction of sp³-hybridized carbons (Fsp3) is 0.500. The van der Waals surface area contributed by atoms with Crippen LogP contribution in [0.4, 0.5) is 0 Å². The standard InChI is InChI=1S/C22H32N4O2S.HI/c1-3-23-22(25-17-20(27-2)18-8-5-4-6-9-18)24-16-19(21-10-7-15-29-21)26-11-13-28-14-12-26;/h4-10,15,19-20H,3,11-14,16-17H2,1-2H3,(H2,23,24,25);1H. The molecule has 1 saturated heterocycles. The van der Waals surface area contributed by atoms with E-state index in [1.807, 2.05) is 18.2 Å². The van der Waals surface area contributed by atoms with E-state index >= 15 is 0 Å². The molecule has 6 nitrogen and oxygen atoms in total. The molecule has 0 amide bonds. The van der Waals surface area contributed by atoms with E-state index in [1.165, 1.54) is 4.88 Å². The van der Waals surface area contributed by atoms with Crippen LogP contribution in [0, 0.1) is 0 Å². The van der Waals surface area contributed by atoms with Gasteiger partial charge in [0.25, 0.3) is 0 Å². The minimum Gasteiger partial charge on any atom is -0.379 e. The summed E-state index contributed by atoms with van der Waals surface area (Å²) in [5, 5.41) is 8.95. The number of benzene rings is 1. The van der Waals surface area contributed by atoms with Gasteiger partial charge in [-0.05, 0) is 23.9 Å². The van der Waals surface area contributed by atoms with E-state index in [4.69, 9.17) is 14.5 Å². The molecule has 8 heteroatoms. The predicted molar refractivity (Wildman–Crippen MR) is 135 cm³/mol. The highest BCUT2D eigenvalue weighted by molar-refractivity contribution is 14.0. The number of nitrogens with one attached hydrogen (secondary N) is 2. The number of hydrogen-bond donors (Lipinski definition) is 2. The average molecular weight is 545 g/mol. The van der Waals surface area contributed by atoms with E-state index in [1.54, 1.807) is 18.4 Å². The Morgan fingerprint density at radius 3 is 2.57 bits per heavy atom. The van der Waals surface area contributed by atoms with Crippen molar-refractivity contribution in [2.45, 2.75) is 19.1 Å². The number of thiophene rings is 1. The Bertz CT molecular complexity index is 724. The summed E-state index contributed by atoms with van der Waals surface area (Å²) in [6, 6.07) is 14.9. The second-order valence-corrected chi connectivity index (χ2v) is 7.89. The van der Waals surface area contributed by atoms with Gasteiger partial charge in [0.1, 0.15) is 0 Å². The highest BCUT2D eigenvalue weighted by atomic mass is 127. The molecular weight excluding hydrogens is 511 g/mol. The van der Waals surface area contributed by atoms with Crippen molar-refractivity contribution in [2.75, 3.05) is 53.0 Å². The first-order chi connectivity index (χ1) is 14.3. The normalized spacial score (nSPS) is 17.1. The van der Waals surface area contributed by atoms with E-state index in [-0.39, 0.29) is 36.1 Å². The third kappa shape index (κ3) is 7.49. The second kappa shape index (κ2) is 14.0. The molecular formula is C22H33IN4O2S. The topological polar surface area (TPSA) is 58.1 Å². The molecule has 1 aromatic heterocycles. The molecule has 0 radical (unpaired) electrons. The number of aliphatic imine (C=N–C) groups is 1. The van der Waals surface area contributed by atoms with Crippen LogP contribution in [0.1, 0.15) is 29.5 Å². The van der Waals surface area contributed by atoms with Gasteiger partial charge in [-0.1, -0.05) is 36.4 Å². The van der Waals surface area contributed by atoms with Gasteiger partial charge < -0.3 is 20.1 Å². The van der Waals surface area contributed by atoms with Gasteiger partial charge in [0.2, 0.25) is 0 Å². The number of rotatable bonds is 9. The van der Waals surface area contributed by atoms with Crippen molar-refractivity contribution in [3.63, 3.8) is 0 Å². The molecule has 1 fully saturated rings. The largest absolute Gasteiger partial charge is 0.379 e. The van der Waals surface area contributed by atoms with Crippen LogP contribution in [-0.2, 0) is 9.47 Å². The van der Waals surface area contributed by atoms with Crippen LogP contribution >= 0.6 is 35.3 Å². The number of hydrogen-bond acceptors (Lipinski definition) is 5. The van der Waals surface area contributed by atoms with Crippen molar-refractivity contribution in [2.24, 2.45) is 4.99 Å². The number of nitrogens with zero attached hydrogens (tertiary/aromatic N) is 2. The van der Waals surface area contributed by atoms with Crippen molar-refractivity contribution >= 4 is 41.3 Å². The SMILES string of the molecule is CCNC(=NCC(c1cccs1)N1CCOCC1)NCC(OC)c1ccccc1.I. The molecule has 0 spiro atoms. The summed E-state index contributed by atoms with van der Waals surface area (Å²) in [6.45, 7) is 7.74. The first-order valence-corrected chi connectivity index (χ1v) is 11.1. The monoisotopic (exact) mass is 544 g/mol. The zero-order valence-corrected chi connectivity index (χ0v) is 20.9. The molecule has 3 rings (SSSR count). The quantitative estimate of drug-likeness (QED) is 0.287. The zero-order chi connectivity index (χ0) is 20.3. The highest BCUT2D eigenvalue weighted by Gasteiger charge is 2.23. The van der Waals surface area contributed by atoms with E-state index in [2.05, 4.69) is 52.1 Å². The van der Waals surface area contributed by atoms with Crippen LogP contribution in [0.2, 0.25) is 0 Å². The lowest BCUT2D eigenvalue weighted by atomic mass is 10.1. The molecule has 2 aromatic rings. The minimum atomic E-state index is -0.0209. The number of morpholine rings is 1. The van der Waals surface area contributed by atoms with Crippen LogP contribution < -0.4 is 10.6 Å². The van der Waals surface area contributed by atoms with Crippen LogP contribution in [0.25, 0.3) is 0 Å². The Labute approximate surface area is 201 Å². The molecule has 166 valence electrons. The number of guanidine groups is 1. The molecule has 2 unspecified atom stereocenters. The van der Waals surface area contributed by atoms with Crippen molar-refractivity contribution < 1.29 is 9.47 Å². The van der Waals surface area contributed by atoms with Crippen molar-refractivity contribution in [1.82, 2.24) is 15.5 Å². The third-order valence-electron chi connectivity index (χ3n) is 5.04. The summed E-state index contributed by atoms with van der Waals surface area (Å²) in [4.78, 5) is 8.74. The van der Waals surface area contributed by atoms with Crippen LogP contribution in [0.5, 0.6) is 0 Å². The van der Waals surface area contributed by atoms with Crippen molar-refractivity contribution in [3.8, 4) is 0 Å². The van der Waals surface area contributed by atoms with E-state index in [0.29, 0.717) is 13.1 Å². The minimum absolute atomic E-state index is 0. The molecule has 0 aliphatic carbocycles. The maximum absolute atomic E-state index is 5.68. The fourth-order valence-corrected chi connectivity index (χ4v) is 4.32. The first-order valence-electron chi connectivity index (χ1n) is 10.3. The maximum atomic E-state index is 5.68. The fourth-order valence-electron chi connectivity index (χ4n) is 3.47. The van der Waals surface area contributed by atoms with E-state index < -0.39 is 0 Å². The molecule has 2 N–H and O–H groups in total. The lowest BCUT2D eigenvalue weighted by molar-refractivity contribution is 0.0186.